The van der Waals surface area contributed by atoms with Gasteiger partial charge in [-0.2, -0.15) is 0 Å². The Morgan fingerprint density at radius 2 is 2.25 bits per heavy atom. The minimum atomic E-state index is -0.281. The number of hydrogen-bond donors (Lipinski definition) is 2. The Morgan fingerprint density at radius 3 is 2.85 bits per heavy atom. The highest BCUT2D eigenvalue weighted by atomic mass is 35.5. The number of benzene rings is 1. The van der Waals surface area contributed by atoms with Gasteiger partial charge in [-0.25, -0.2) is 4.98 Å². The summed E-state index contributed by atoms with van der Waals surface area (Å²) in [6.07, 6.45) is 3.63. The van der Waals surface area contributed by atoms with Crippen molar-refractivity contribution < 1.29 is 9.90 Å². The third kappa shape index (κ3) is 3.30. The molecular weight excluding hydrogens is 278 g/mol. The van der Waals surface area contributed by atoms with Crippen molar-refractivity contribution in [1.82, 2.24) is 14.9 Å². The van der Waals surface area contributed by atoms with Crippen molar-refractivity contribution in [3.05, 3.63) is 47.0 Å². The fourth-order valence-electron chi connectivity index (χ4n) is 1.68. The highest BCUT2D eigenvalue weighted by molar-refractivity contribution is 6.32. The number of aromatic nitrogens is 2. The summed E-state index contributed by atoms with van der Waals surface area (Å²) < 4.78 is 1.97. The molecule has 2 aromatic rings. The van der Waals surface area contributed by atoms with Crippen LogP contribution >= 0.6 is 11.6 Å². The molecule has 5 nitrogen and oxygen atoms in total. The maximum absolute atomic E-state index is 11.9. The van der Waals surface area contributed by atoms with Gasteiger partial charge in [0, 0.05) is 17.8 Å². The van der Waals surface area contributed by atoms with E-state index in [1.54, 1.807) is 12.4 Å². The van der Waals surface area contributed by atoms with Gasteiger partial charge in [-0.3, -0.25) is 4.79 Å². The van der Waals surface area contributed by atoms with Gasteiger partial charge in [0.15, 0.2) is 0 Å². The zero-order valence-electron chi connectivity index (χ0n) is 11.3. The predicted molar refractivity (Wildman–Crippen MR) is 76.9 cm³/mol. The molecule has 20 heavy (non-hydrogen) atoms. The summed E-state index contributed by atoms with van der Waals surface area (Å²) in [6, 6.07) is 4.72. The molecule has 0 aliphatic rings. The first kappa shape index (κ1) is 14.4. The van der Waals surface area contributed by atoms with Crippen molar-refractivity contribution in [3.8, 4) is 5.75 Å². The first-order valence-electron chi connectivity index (χ1n) is 6.26. The smallest absolute Gasteiger partial charge is 0.251 e. The van der Waals surface area contributed by atoms with Gasteiger partial charge in [0.05, 0.1) is 23.6 Å². The largest absolute Gasteiger partial charge is 0.506 e. The van der Waals surface area contributed by atoms with Crippen LogP contribution in [0.5, 0.6) is 5.75 Å². The summed E-state index contributed by atoms with van der Waals surface area (Å²) in [5.74, 6) is -0.389. The van der Waals surface area contributed by atoms with Crippen LogP contribution in [0.4, 0.5) is 0 Å². The molecule has 0 bridgehead atoms. The van der Waals surface area contributed by atoms with E-state index in [4.69, 9.17) is 11.6 Å². The van der Waals surface area contributed by atoms with E-state index in [9.17, 15) is 9.90 Å². The van der Waals surface area contributed by atoms with Crippen LogP contribution in [0.15, 0.2) is 30.7 Å². The van der Waals surface area contributed by atoms with E-state index in [2.05, 4.69) is 24.1 Å². The second-order valence-corrected chi connectivity index (χ2v) is 5.16. The van der Waals surface area contributed by atoms with Gasteiger partial charge in [0.1, 0.15) is 5.75 Å². The molecule has 0 atom stereocenters. The average molecular weight is 294 g/mol. The monoisotopic (exact) mass is 293 g/mol. The normalized spacial score (nSPS) is 10.8. The molecule has 1 aromatic carbocycles. The number of amides is 1. The lowest BCUT2D eigenvalue weighted by Crippen LogP contribution is -2.22. The zero-order chi connectivity index (χ0) is 14.7. The number of halogens is 1. The number of nitrogens with one attached hydrogen (secondary N) is 1. The number of imidazole rings is 1. The van der Waals surface area contributed by atoms with E-state index in [-0.39, 0.29) is 16.7 Å². The van der Waals surface area contributed by atoms with Gasteiger partial charge in [-0.15, -0.1) is 0 Å². The minimum absolute atomic E-state index is 0.108. The highest BCUT2D eigenvalue weighted by Crippen LogP contribution is 2.23. The van der Waals surface area contributed by atoms with Crippen molar-refractivity contribution in [3.63, 3.8) is 0 Å². The highest BCUT2D eigenvalue weighted by Gasteiger charge is 2.09. The van der Waals surface area contributed by atoms with Gasteiger partial charge in [0.25, 0.3) is 5.91 Å². The molecule has 0 saturated carbocycles. The van der Waals surface area contributed by atoms with Crippen LogP contribution in [0.25, 0.3) is 0 Å². The van der Waals surface area contributed by atoms with Crippen molar-refractivity contribution >= 4 is 17.5 Å². The molecule has 6 heteroatoms. The zero-order valence-corrected chi connectivity index (χ0v) is 12.1. The topological polar surface area (TPSA) is 67.2 Å². The molecule has 0 fully saturated rings. The Bertz CT molecular complexity index is 623. The first-order chi connectivity index (χ1) is 9.47. The van der Waals surface area contributed by atoms with Crippen LogP contribution in [-0.4, -0.2) is 20.6 Å². The van der Waals surface area contributed by atoms with Gasteiger partial charge < -0.3 is 15.0 Å². The SMILES string of the molecule is CC(C)n1cnc(CNC(=O)c2ccc(Cl)c(O)c2)c1. The van der Waals surface area contributed by atoms with Crippen molar-refractivity contribution in [2.45, 2.75) is 26.4 Å². The number of aromatic hydroxyl groups is 1. The molecule has 106 valence electrons. The molecule has 1 heterocycles. The van der Waals surface area contributed by atoms with Crippen LogP contribution in [0, 0.1) is 0 Å². The maximum Gasteiger partial charge on any atom is 0.251 e. The summed E-state index contributed by atoms with van der Waals surface area (Å²) in [5, 5.41) is 12.4. The Kier molecular flexibility index (Phi) is 4.29. The van der Waals surface area contributed by atoms with E-state index >= 15 is 0 Å². The molecule has 1 aromatic heterocycles. The molecule has 0 unspecified atom stereocenters. The van der Waals surface area contributed by atoms with Gasteiger partial charge in [-0.05, 0) is 32.0 Å². The average Bonchev–Trinajstić information content (AvgIpc) is 2.88. The second-order valence-electron chi connectivity index (χ2n) is 4.75. The molecule has 1 amide bonds. The van der Waals surface area contributed by atoms with E-state index < -0.39 is 0 Å². The van der Waals surface area contributed by atoms with Crippen molar-refractivity contribution in [2.24, 2.45) is 0 Å². The van der Waals surface area contributed by atoms with Crippen LogP contribution in [0.3, 0.4) is 0 Å². The summed E-state index contributed by atoms with van der Waals surface area (Å²) in [5.41, 5.74) is 1.14. The first-order valence-corrected chi connectivity index (χ1v) is 6.64. The van der Waals surface area contributed by atoms with E-state index in [1.165, 1.54) is 12.1 Å². The van der Waals surface area contributed by atoms with E-state index in [0.717, 1.165) is 5.69 Å². The second kappa shape index (κ2) is 5.96. The van der Waals surface area contributed by atoms with Gasteiger partial charge in [0.2, 0.25) is 0 Å². The van der Waals surface area contributed by atoms with E-state index in [1.807, 2.05) is 10.8 Å². The third-order valence-corrected chi connectivity index (χ3v) is 3.21. The molecule has 0 aliphatic heterocycles. The summed E-state index contributed by atoms with van der Waals surface area (Å²) in [4.78, 5) is 16.1. The van der Waals surface area contributed by atoms with Crippen LogP contribution in [0.2, 0.25) is 5.02 Å². The van der Waals surface area contributed by atoms with Crippen LogP contribution < -0.4 is 5.32 Å². The van der Waals surface area contributed by atoms with Gasteiger partial charge >= 0.3 is 0 Å². The Labute approximate surface area is 122 Å². The molecule has 2 N–H and O–H groups in total. The lowest BCUT2D eigenvalue weighted by molar-refractivity contribution is 0.0950. The standard InChI is InChI=1S/C14H16ClN3O2/c1-9(2)18-7-11(17-8-18)6-16-14(20)10-3-4-12(15)13(19)5-10/h3-5,7-9,19H,6H2,1-2H3,(H,16,20). The minimum Gasteiger partial charge on any atom is -0.506 e. The molecule has 0 saturated heterocycles. The van der Waals surface area contributed by atoms with Gasteiger partial charge in [-0.1, -0.05) is 11.6 Å². The van der Waals surface area contributed by atoms with E-state index in [0.29, 0.717) is 18.2 Å². The number of phenols is 1. The summed E-state index contributed by atoms with van der Waals surface area (Å²) >= 11 is 5.70. The number of carbonyl (C=O) groups is 1. The van der Waals surface area contributed by atoms with Crippen molar-refractivity contribution in [2.75, 3.05) is 0 Å². The lowest BCUT2D eigenvalue weighted by Gasteiger charge is -2.05. The van der Waals surface area contributed by atoms with Crippen molar-refractivity contribution in [1.29, 1.82) is 0 Å². The molecule has 0 aliphatic carbocycles. The van der Waals surface area contributed by atoms with Crippen LogP contribution in [0.1, 0.15) is 35.9 Å². The molecule has 2 rings (SSSR count). The lowest BCUT2D eigenvalue weighted by atomic mass is 10.2. The fourth-order valence-corrected chi connectivity index (χ4v) is 1.80. The molecular formula is C14H16ClN3O2. The number of phenolic OH excluding ortho intramolecular Hbond substituents is 1. The number of carbonyl (C=O) groups excluding carboxylic acids is 1. The number of nitrogens with zero attached hydrogens (tertiary/aromatic N) is 2. The van der Waals surface area contributed by atoms with Crippen LogP contribution in [-0.2, 0) is 6.54 Å². The number of hydrogen-bond acceptors (Lipinski definition) is 3. The molecule has 0 radical (unpaired) electrons. The fraction of sp³-hybridized carbons (Fsp3) is 0.286. The Balaban J connectivity index is 1.99. The Morgan fingerprint density at radius 1 is 1.50 bits per heavy atom. The number of rotatable bonds is 4. The quantitative estimate of drug-likeness (QED) is 0.911. The molecule has 0 spiro atoms. The predicted octanol–water partition coefficient (Wildman–Crippen LogP) is 2.75. The summed E-state index contributed by atoms with van der Waals surface area (Å²) in [6.45, 7) is 4.45. The summed E-state index contributed by atoms with van der Waals surface area (Å²) in [7, 11) is 0. The Hall–Kier alpha value is -2.01. The third-order valence-electron chi connectivity index (χ3n) is 2.89. The maximum atomic E-state index is 11.9.